The Kier molecular flexibility index (Phi) is 7.47. The summed E-state index contributed by atoms with van der Waals surface area (Å²) in [6.45, 7) is 9.04. The maximum absolute atomic E-state index is 13.4. The summed E-state index contributed by atoms with van der Waals surface area (Å²) in [7, 11) is 1.93. The molecule has 0 saturated carbocycles. The summed E-state index contributed by atoms with van der Waals surface area (Å²) in [5, 5.41) is 11.7. The number of pyridine rings is 2. The Balaban J connectivity index is 1.68. The second-order valence-corrected chi connectivity index (χ2v) is 10.7. The quantitative estimate of drug-likeness (QED) is 0.585. The number of rotatable bonds is 5. The third kappa shape index (κ3) is 5.94. The summed E-state index contributed by atoms with van der Waals surface area (Å²) >= 11 is 0. The van der Waals surface area contributed by atoms with E-state index in [4.69, 9.17) is 4.74 Å². The highest BCUT2D eigenvalue weighted by Gasteiger charge is 2.36. The van der Waals surface area contributed by atoms with Crippen molar-refractivity contribution in [1.82, 2.24) is 19.4 Å². The highest BCUT2D eigenvalue weighted by atomic mass is 16.6. The van der Waals surface area contributed by atoms with Gasteiger partial charge in [0.25, 0.3) is 0 Å². The number of aliphatic hydroxyl groups is 1. The molecule has 3 aromatic rings. The van der Waals surface area contributed by atoms with Crippen molar-refractivity contribution in [2.24, 2.45) is 7.05 Å². The topological polar surface area (TPSA) is 87.9 Å². The molecule has 1 aromatic carbocycles. The van der Waals surface area contributed by atoms with E-state index in [0.29, 0.717) is 43.5 Å². The maximum Gasteiger partial charge on any atom is 0.410 e. The number of piperidine rings is 1. The molecule has 1 aliphatic rings. The number of aryl methyl sites for hydroxylation is 2. The van der Waals surface area contributed by atoms with Crippen LogP contribution in [-0.4, -0.2) is 61.4 Å². The minimum Gasteiger partial charge on any atom is -0.444 e. The largest absolute Gasteiger partial charge is 0.444 e. The van der Waals surface area contributed by atoms with Crippen LogP contribution in [0.25, 0.3) is 10.9 Å². The summed E-state index contributed by atoms with van der Waals surface area (Å²) in [5.41, 5.74) is 2.82. The smallest absolute Gasteiger partial charge is 0.410 e. The molecule has 8 heteroatoms. The SMILES string of the molecule is Cc1cc(CN(Cc2cn(C)c3ccccc3c2=O)[C@@H]2CN(C(=O)OC(C)(C)C)CC[C@H]2O)ccn1. The Morgan fingerprint density at radius 1 is 1.22 bits per heavy atom. The molecule has 2 atom stereocenters. The normalized spacial score (nSPS) is 18.6. The summed E-state index contributed by atoms with van der Waals surface area (Å²) in [5.74, 6) is 0. The summed E-state index contributed by atoms with van der Waals surface area (Å²) in [6, 6.07) is 11.2. The van der Waals surface area contributed by atoms with Crippen molar-refractivity contribution in [3.05, 3.63) is 75.8 Å². The lowest BCUT2D eigenvalue weighted by atomic mass is 9.99. The molecule has 1 aliphatic heterocycles. The number of nitrogens with zero attached hydrogens (tertiary/aromatic N) is 4. The first-order chi connectivity index (χ1) is 17.0. The van der Waals surface area contributed by atoms with Crippen LogP contribution in [0, 0.1) is 6.92 Å². The van der Waals surface area contributed by atoms with Gasteiger partial charge < -0.3 is 19.3 Å². The van der Waals surface area contributed by atoms with Crippen LogP contribution in [0.4, 0.5) is 4.79 Å². The third-order valence-corrected chi connectivity index (χ3v) is 6.56. The van der Waals surface area contributed by atoms with Gasteiger partial charge in [0.2, 0.25) is 0 Å². The number of aromatic nitrogens is 2. The monoisotopic (exact) mass is 492 g/mol. The highest BCUT2D eigenvalue weighted by molar-refractivity contribution is 5.79. The molecule has 1 saturated heterocycles. The Morgan fingerprint density at radius 2 is 1.97 bits per heavy atom. The highest BCUT2D eigenvalue weighted by Crippen LogP contribution is 2.23. The molecule has 1 fully saturated rings. The molecule has 4 rings (SSSR count). The van der Waals surface area contributed by atoms with E-state index >= 15 is 0 Å². The van der Waals surface area contributed by atoms with Crippen LogP contribution in [0.1, 0.15) is 44.0 Å². The second kappa shape index (κ2) is 10.4. The number of para-hydroxylation sites is 1. The van der Waals surface area contributed by atoms with Gasteiger partial charge in [0.15, 0.2) is 5.43 Å². The molecule has 0 radical (unpaired) electrons. The first-order valence-electron chi connectivity index (χ1n) is 12.4. The van der Waals surface area contributed by atoms with Gasteiger partial charge in [-0.3, -0.25) is 14.7 Å². The Bertz CT molecular complexity index is 1300. The number of amides is 1. The number of likely N-dealkylation sites (tertiary alicyclic amines) is 1. The maximum atomic E-state index is 13.4. The van der Waals surface area contributed by atoms with Crippen LogP contribution in [0.3, 0.4) is 0 Å². The molecule has 0 unspecified atom stereocenters. The van der Waals surface area contributed by atoms with Crippen molar-refractivity contribution in [2.45, 2.75) is 65.0 Å². The van der Waals surface area contributed by atoms with E-state index in [1.807, 2.05) is 81.9 Å². The summed E-state index contributed by atoms with van der Waals surface area (Å²) < 4.78 is 7.56. The predicted octanol–water partition coefficient (Wildman–Crippen LogP) is 3.61. The van der Waals surface area contributed by atoms with E-state index in [9.17, 15) is 14.7 Å². The fourth-order valence-corrected chi connectivity index (χ4v) is 4.84. The van der Waals surface area contributed by atoms with Crippen LogP contribution in [0.2, 0.25) is 0 Å². The number of carbonyl (C=O) groups is 1. The van der Waals surface area contributed by atoms with Crippen molar-refractivity contribution in [3.8, 4) is 0 Å². The molecule has 3 heterocycles. The van der Waals surface area contributed by atoms with Crippen molar-refractivity contribution in [3.63, 3.8) is 0 Å². The average Bonchev–Trinajstić information content (AvgIpc) is 2.81. The third-order valence-electron chi connectivity index (χ3n) is 6.56. The fourth-order valence-electron chi connectivity index (χ4n) is 4.84. The lowest BCUT2D eigenvalue weighted by Crippen LogP contribution is -2.56. The molecule has 0 spiro atoms. The number of hydrogen-bond donors (Lipinski definition) is 1. The molecule has 0 bridgehead atoms. The van der Waals surface area contributed by atoms with Crippen molar-refractivity contribution in [1.29, 1.82) is 0 Å². The first-order valence-corrected chi connectivity index (χ1v) is 12.4. The van der Waals surface area contributed by atoms with E-state index in [0.717, 1.165) is 16.8 Å². The Morgan fingerprint density at radius 3 is 2.69 bits per heavy atom. The Hall–Kier alpha value is -3.23. The second-order valence-electron chi connectivity index (χ2n) is 10.7. The van der Waals surface area contributed by atoms with E-state index in [1.165, 1.54) is 0 Å². The molecule has 2 aromatic heterocycles. The van der Waals surface area contributed by atoms with Gasteiger partial charge >= 0.3 is 6.09 Å². The number of hydrogen-bond acceptors (Lipinski definition) is 6. The van der Waals surface area contributed by atoms with Crippen molar-refractivity contribution >= 4 is 17.0 Å². The fraction of sp³-hybridized carbons (Fsp3) is 0.464. The van der Waals surface area contributed by atoms with Gasteiger partial charge in [-0.15, -0.1) is 0 Å². The number of benzene rings is 1. The van der Waals surface area contributed by atoms with Gasteiger partial charge in [0.1, 0.15) is 5.60 Å². The van der Waals surface area contributed by atoms with Crippen LogP contribution in [0.15, 0.2) is 53.6 Å². The minimum absolute atomic E-state index is 0.0195. The van der Waals surface area contributed by atoms with Gasteiger partial charge in [-0.2, -0.15) is 0 Å². The zero-order chi connectivity index (χ0) is 26.0. The van der Waals surface area contributed by atoms with Crippen LogP contribution < -0.4 is 5.43 Å². The number of ether oxygens (including phenoxy) is 1. The van der Waals surface area contributed by atoms with Gasteiger partial charge in [-0.1, -0.05) is 12.1 Å². The molecule has 8 nitrogen and oxygen atoms in total. The van der Waals surface area contributed by atoms with Crippen LogP contribution >= 0.6 is 0 Å². The molecular weight excluding hydrogens is 456 g/mol. The number of aliphatic hydroxyl groups excluding tert-OH is 1. The lowest BCUT2D eigenvalue weighted by molar-refractivity contribution is -0.0319. The predicted molar refractivity (Wildman–Crippen MR) is 140 cm³/mol. The molecule has 36 heavy (non-hydrogen) atoms. The molecule has 192 valence electrons. The minimum atomic E-state index is -0.643. The standard InChI is InChI=1S/C28H36N4O4/c1-19-14-20(10-12-29-19)15-32(17-21-16-30(5)23-9-7-6-8-22(23)26(21)34)24-18-31(13-11-25(24)33)27(35)36-28(2,3)4/h6-10,12,14,16,24-25,33H,11,13,15,17-18H2,1-5H3/t24-,25-/m1/s1. The van der Waals surface area contributed by atoms with Gasteiger partial charge in [0.05, 0.1) is 17.7 Å². The molecular formula is C28H36N4O4. The molecule has 1 N–H and O–H groups in total. The van der Waals surface area contributed by atoms with Gasteiger partial charge in [-0.25, -0.2) is 4.79 Å². The average molecular weight is 493 g/mol. The Labute approximate surface area is 212 Å². The van der Waals surface area contributed by atoms with Crippen molar-refractivity contribution < 1.29 is 14.6 Å². The van der Waals surface area contributed by atoms with Gasteiger partial charge in [-0.05, 0) is 63.9 Å². The van der Waals surface area contributed by atoms with E-state index in [2.05, 4.69) is 9.88 Å². The zero-order valence-corrected chi connectivity index (χ0v) is 21.8. The van der Waals surface area contributed by atoms with E-state index in [-0.39, 0.29) is 17.6 Å². The molecule has 1 amide bonds. The van der Waals surface area contributed by atoms with E-state index in [1.54, 1.807) is 11.1 Å². The van der Waals surface area contributed by atoms with E-state index < -0.39 is 11.7 Å². The zero-order valence-electron chi connectivity index (χ0n) is 21.8. The summed E-state index contributed by atoms with van der Waals surface area (Å²) in [4.78, 5) is 34.3. The van der Waals surface area contributed by atoms with Gasteiger partial charge in [0, 0.05) is 62.3 Å². The van der Waals surface area contributed by atoms with Crippen LogP contribution in [0.5, 0.6) is 0 Å². The first kappa shape index (κ1) is 25.9. The number of carbonyl (C=O) groups excluding carboxylic acids is 1. The van der Waals surface area contributed by atoms with Crippen molar-refractivity contribution in [2.75, 3.05) is 13.1 Å². The van der Waals surface area contributed by atoms with Crippen LogP contribution in [-0.2, 0) is 24.9 Å². The lowest BCUT2D eigenvalue weighted by Gasteiger charge is -2.42. The molecule has 0 aliphatic carbocycles. The number of fused-ring (bicyclic) bond motifs is 1. The summed E-state index contributed by atoms with van der Waals surface area (Å²) in [6.07, 6.45) is 3.04.